The maximum atomic E-state index is 13.5. The summed E-state index contributed by atoms with van der Waals surface area (Å²) < 4.78 is 17.7. The molecule has 1 fully saturated rings. The van der Waals surface area contributed by atoms with E-state index in [9.17, 15) is 35.1 Å². The number of aliphatic hydroxyl groups is 5. The molecule has 11 heteroatoms. The quantitative estimate of drug-likeness (QED) is 0.0195. The summed E-state index contributed by atoms with van der Waals surface area (Å²) in [4.78, 5) is 26.7. The number of aliphatic hydroxyl groups excluding tert-OH is 5. The number of amides is 1. The molecular formula is C76H133NO10. The van der Waals surface area contributed by atoms with E-state index in [0.717, 1.165) is 103 Å². The van der Waals surface area contributed by atoms with Crippen molar-refractivity contribution in [1.82, 2.24) is 5.32 Å². The lowest BCUT2D eigenvalue weighted by atomic mass is 9.99. The molecule has 8 unspecified atom stereocenters. The van der Waals surface area contributed by atoms with Crippen molar-refractivity contribution in [2.24, 2.45) is 0 Å². The third-order valence-corrected chi connectivity index (χ3v) is 16.5. The van der Waals surface area contributed by atoms with E-state index in [4.69, 9.17) is 14.2 Å². The molecule has 0 aromatic heterocycles. The van der Waals surface area contributed by atoms with E-state index in [2.05, 4.69) is 111 Å². The Balaban J connectivity index is 2.55. The van der Waals surface area contributed by atoms with Gasteiger partial charge in [-0.1, -0.05) is 298 Å². The smallest absolute Gasteiger partial charge is 0.306 e. The number of allylic oxidation sites excluding steroid dienone is 15. The lowest BCUT2D eigenvalue weighted by Crippen LogP contribution is -2.61. The maximum Gasteiger partial charge on any atom is 0.306 e. The minimum Gasteiger partial charge on any atom is -0.454 e. The molecule has 87 heavy (non-hydrogen) atoms. The molecule has 8 atom stereocenters. The first kappa shape index (κ1) is 81.6. The van der Waals surface area contributed by atoms with E-state index in [1.54, 1.807) is 6.08 Å². The Labute approximate surface area is 533 Å². The van der Waals surface area contributed by atoms with Crippen LogP contribution in [0.15, 0.2) is 97.2 Å². The van der Waals surface area contributed by atoms with Gasteiger partial charge in [0, 0.05) is 6.42 Å². The highest BCUT2D eigenvalue weighted by Crippen LogP contribution is 2.26. The fourth-order valence-corrected chi connectivity index (χ4v) is 10.8. The minimum absolute atomic E-state index is 0.118. The van der Waals surface area contributed by atoms with Gasteiger partial charge in [-0.3, -0.25) is 9.59 Å². The second-order valence-electron chi connectivity index (χ2n) is 24.6. The predicted molar refractivity (Wildman–Crippen MR) is 365 cm³/mol. The van der Waals surface area contributed by atoms with Crippen molar-refractivity contribution in [2.45, 2.75) is 359 Å². The first-order valence-electron chi connectivity index (χ1n) is 36.0. The van der Waals surface area contributed by atoms with E-state index >= 15 is 0 Å². The number of hydrogen-bond donors (Lipinski definition) is 6. The van der Waals surface area contributed by atoms with Gasteiger partial charge in [-0.2, -0.15) is 0 Å². The number of nitrogens with one attached hydrogen (secondary N) is 1. The van der Waals surface area contributed by atoms with Crippen molar-refractivity contribution in [2.75, 3.05) is 13.2 Å². The molecule has 0 saturated carbocycles. The van der Waals surface area contributed by atoms with E-state index in [-0.39, 0.29) is 19.4 Å². The number of rotatable bonds is 61. The van der Waals surface area contributed by atoms with E-state index in [0.29, 0.717) is 12.8 Å². The highest BCUT2D eigenvalue weighted by atomic mass is 16.7. The molecular weight excluding hydrogens is 1090 g/mol. The summed E-state index contributed by atoms with van der Waals surface area (Å²) in [5, 5.41) is 57.2. The van der Waals surface area contributed by atoms with E-state index in [1.165, 1.54) is 161 Å². The summed E-state index contributed by atoms with van der Waals surface area (Å²) in [5.74, 6) is -1.20. The number of unbranched alkanes of at least 4 members (excludes halogenated alkanes) is 33. The second-order valence-corrected chi connectivity index (χ2v) is 24.6. The van der Waals surface area contributed by atoms with Gasteiger partial charge in [0.15, 0.2) is 12.4 Å². The van der Waals surface area contributed by atoms with E-state index in [1.807, 2.05) is 6.08 Å². The molecule has 0 bridgehead atoms. The SMILES string of the molecule is CC/C=C\C/C=C\C/C=C\C/C=C\C/C=C\CCCCCCCCCCCCC(O)C(=O)NC(COC1OC(CO)C(O)C(O)C1OC(=O)CCCCCCCCCCCCC/C=C\C/C=C\CCCCC)C(O)/C=C/CCCCCCCCCCC. The lowest BCUT2D eigenvalue weighted by molar-refractivity contribution is -0.305. The van der Waals surface area contributed by atoms with Gasteiger partial charge in [-0.05, 0) is 103 Å². The summed E-state index contributed by atoms with van der Waals surface area (Å²) in [6.07, 6.45) is 74.4. The van der Waals surface area contributed by atoms with Gasteiger partial charge in [0.25, 0.3) is 0 Å². The molecule has 0 radical (unpaired) electrons. The van der Waals surface area contributed by atoms with Gasteiger partial charge >= 0.3 is 5.97 Å². The van der Waals surface area contributed by atoms with Crippen LogP contribution in [0.25, 0.3) is 0 Å². The summed E-state index contributed by atoms with van der Waals surface area (Å²) in [7, 11) is 0. The van der Waals surface area contributed by atoms with Crippen LogP contribution in [0.4, 0.5) is 0 Å². The molecule has 502 valence electrons. The Hall–Kier alpha value is -3.42. The number of esters is 1. The number of carbonyl (C=O) groups excluding carboxylic acids is 2. The number of ether oxygens (including phenoxy) is 3. The van der Waals surface area contributed by atoms with Gasteiger partial charge in [0.2, 0.25) is 5.91 Å². The molecule has 0 aliphatic carbocycles. The Kier molecular flexibility index (Phi) is 58.9. The highest BCUT2D eigenvalue weighted by Gasteiger charge is 2.47. The van der Waals surface area contributed by atoms with Crippen molar-refractivity contribution >= 4 is 11.9 Å². The largest absolute Gasteiger partial charge is 0.454 e. The topological polar surface area (TPSA) is 175 Å². The zero-order chi connectivity index (χ0) is 63.1. The molecule has 1 saturated heterocycles. The van der Waals surface area contributed by atoms with Crippen LogP contribution in [0.2, 0.25) is 0 Å². The summed E-state index contributed by atoms with van der Waals surface area (Å²) in [5.41, 5.74) is 0. The molecule has 1 aliphatic rings. The van der Waals surface area contributed by atoms with E-state index < -0.39 is 67.4 Å². The number of carbonyl (C=O) groups is 2. The van der Waals surface area contributed by atoms with Crippen molar-refractivity contribution in [3.63, 3.8) is 0 Å². The molecule has 6 N–H and O–H groups in total. The molecule has 1 heterocycles. The Morgan fingerprint density at radius 1 is 0.460 bits per heavy atom. The molecule has 0 spiro atoms. The fourth-order valence-electron chi connectivity index (χ4n) is 10.8. The fraction of sp³-hybridized carbons (Fsp3) is 0.763. The van der Waals surface area contributed by atoms with Crippen LogP contribution in [0.1, 0.15) is 310 Å². The summed E-state index contributed by atoms with van der Waals surface area (Å²) in [6, 6.07) is -1.03. The molecule has 0 aromatic carbocycles. The van der Waals surface area contributed by atoms with Gasteiger partial charge in [-0.15, -0.1) is 0 Å². The summed E-state index contributed by atoms with van der Waals surface area (Å²) in [6.45, 7) is 5.67. The molecule has 0 aromatic rings. The minimum atomic E-state index is -1.62. The zero-order valence-corrected chi connectivity index (χ0v) is 55.9. The Morgan fingerprint density at radius 2 is 0.828 bits per heavy atom. The average Bonchev–Trinajstić information content (AvgIpc) is 1.30. The van der Waals surface area contributed by atoms with Gasteiger partial charge < -0.3 is 45.1 Å². The monoisotopic (exact) mass is 1220 g/mol. The molecule has 11 nitrogen and oxygen atoms in total. The number of hydrogen-bond acceptors (Lipinski definition) is 10. The van der Waals surface area contributed by atoms with Crippen molar-refractivity contribution in [1.29, 1.82) is 0 Å². The van der Waals surface area contributed by atoms with Crippen LogP contribution >= 0.6 is 0 Å². The molecule has 1 amide bonds. The van der Waals surface area contributed by atoms with Crippen LogP contribution in [-0.4, -0.2) is 99.6 Å². The van der Waals surface area contributed by atoms with Gasteiger partial charge in [-0.25, -0.2) is 0 Å². The first-order valence-corrected chi connectivity index (χ1v) is 36.0. The van der Waals surface area contributed by atoms with Crippen LogP contribution in [0.3, 0.4) is 0 Å². The lowest BCUT2D eigenvalue weighted by Gasteiger charge is -2.41. The maximum absolute atomic E-state index is 13.5. The van der Waals surface area contributed by atoms with Gasteiger partial charge in [0.1, 0.15) is 24.4 Å². The zero-order valence-electron chi connectivity index (χ0n) is 55.9. The second kappa shape index (κ2) is 62.8. The van der Waals surface area contributed by atoms with Crippen molar-refractivity contribution < 1.29 is 49.3 Å². The van der Waals surface area contributed by atoms with Crippen molar-refractivity contribution in [3.8, 4) is 0 Å². The predicted octanol–water partition coefficient (Wildman–Crippen LogP) is 18.6. The van der Waals surface area contributed by atoms with Crippen LogP contribution < -0.4 is 5.32 Å². The first-order chi connectivity index (χ1) is 42.7. The normalized spacial score (nSPS) is 18.8. The van der Waals surface area contributed by atoms with Crippen molar-refractivity contribution in [3.05, 3.63) is 97.2 Å². The summed E-state index contributed by atoms with van der Waals surface area (Å²) >= 11 is 0. The average molecular weight is 1220 g/mol. The molecule has 1 rings (SSSR count). The van der Waals surface area contributed by atoms with Gasteiger partial charge in [0.05, 0.1) is 25.4 Å². The Morgan fingerprint density at radius 3 is 1.26 bits per heavy atom. The third-order valence-electron chi connectivity index (χ3n) is 16.5. The highest BCUT2D eigenvalue weighted by molar-refractivity contribution is 5.80. The van der Waals surface area contributed by atoms with Crippen LogP contribution in [0, 0.1) is 0 Å². The third kappa shape index (κ3) is 50.0. The molecule has 1 aliphatic heterocycles. The standard InChI is InChI=1S/C76H133NO10/c1-4-7-10-13-16-19-22-24-26-28-30-32-33-34-35-36-38-39-41-43-45-48-51-54-57-60-63-69(80)75(84)77-67(68(79)62-59-56-53-50-47-21-18-15-12-9-6-3)66-85-76-74(73(83)72(82)70(65-78)86-76)87-71(81)64-61-58-55-52-49-46-44-42-40-37-31-29-27-25-23-20-17-14-11-8-5-2/h7,10,16-17,19-20,24-27,30,32,34-35,59,62,67-70,72-74,76,78-80,82-83H,4-6,8-9,11-15,18,21-23,28-29,31,33,36-58,60-61,63-66H2,1-3H3,(H,77,84)/b10-7-,19-16-,20-17-,26-24-,27-25-,32-30-,35-34-,62-59+. The van der Waals surface area contributed by atoms with Crippen LogP contribution in [0.5, 0.6) is 0 Å². The Bertz CT molecular complexity index is 1790. The van der Waals surface area contributed by atoms with Crippen LogP contribution in [-0.2, 0) is 23.8 Å².